The second-order valence-electron chi connectivity index (χ2n) is 2.78. The normalized spacial score (nSPS) is 10.5. The fraction of sp³-hybridized carbons (Fsp3) is 0.222. The smallest absolute Gasteiger partial charge is 0.357 e. The van der Waals surface area contributed by atoms with Crippen LogP contribution >= 0.6 is 11.6 Å². The summed E-state index contributed by atoms with van der Waals surface area (Å²) in [5, 5.41) is 0.376. The zero-order chi connectivity index (χ0) is 10.8. The minimum Gasteiger partial charge on any atom is -0.461 e. The second kappa shape index (κ2) is 3.86. The van der Waals surface area contributed by atoms with E-state index in [0.717, 1.165) is 0 Å². The summed E-state index contributed by atoms with van der Waals surface area (Å²) in [5.41, 5.74) is 0.167. The van der Waals surface area contributed by atoms with Crippen molar-refractivity contribution in [1.29, 1.82) is 0 Å². The Labute approximate surface area is 90.7 Å². The Bertz CT molecular complexity index is 509. The Kier molecular flexibility index (Phi) is 2.55. The van der Waals surface area contributed by atoms with Crippen LogP contribution < -0.4 is 0 Å². The van der Waals surface area contributed by atoms with Gasteiger partial charge in [0.15, 0.2) is 5.69 Å². The SMILES string of the molecule is CCOC(=O)c1cc(Cl)n2ccnc2n1. The van der Waals surface area contributed by atoms with E-state index >= 15 is 0 Å². The van der Waals surface area contributed by atoms with Crippen LogP contribution in [0.15, 0.2) is 18.5 Å². The first-order valence-electron chi connectivity index (χ1n) is 4.39. The maximum absolute atomic E-state index is 11.4. The summed E-state index contributed by atoms with van der Waals surface area (Å²) in [5.74, 6) is -0.115. The van der Waals surface area contributed by atoms with E-state index in [0.29, 0.717) is 17.5 Å². The van der Waals surface area contributed by atoms with Crippen LogP contribution in [0, 0.1) is 0 Å². The molecule has 0 aromatic carbocycles. The molecule has 0 unspecified atom stereocenters. The highest BCUT2D eigenvalue weighted by Crippen LogP contribution is 2.12. The van der Waals surface area contributed by atoms with Gasteiger partial charge in [0.2, 0.25) is 5.78 Å². The van der Waals surface area contributed by atoms with Crippen LogP contribution in [0.3, 0.4) is 0 Å². The molecule has 0 amide bonds. The number of hydrogen-bond acceptors (Lipinski definition) is 4. The molecular weight excluding hydrogens is 218 g/mol. The lowest BCUT2D eigenvalue weighted by Gasteiger charge is -2.02. The third-order valence-corrected chi connectivity index (χ3v) is 2.10. The Morgan fingerprint density at radius 1 is 1.67 bits per heavy atom. The van der Waals surface area contributed by atoms with Crippen molar-refractivity contribution < 1.29 is 9.53 Å². The third-order valence-electron chi connectivity index (χ3n) is 1.81. The highest BCUT2D eigenvalue weighted by Gasteiger charge is 2.12. The van der Waals surface area contributed by atoms with Gasteiger partial charge in [0.1, 0.15) is 5.15 Å². The number of fused-ring (bicyclic) bond motifs is 1. The van der Waals surface area contributed by atoms with Crippen LogP contribution in [0.25, 0.3) is 5.78 Å². The van der Waals surface area contributed by atoms with Crippen LogP contribution in [0.4, 0.5) is 0 Å². The van der Waals surface area contributed by atoms with Gasteiger partial charge in [-0.05, 0) is 6.92 Å². The van der Waals surface area contributed by atoms with E-state index in [-0.39, 0.29) is 5.69 Å². The number of aromatic nitrogens is 3. The number of rotatable bonds is 2. The molecule has 0 saturated carbocycles. The number of esters is 1. The highest BCUT2D eigenvalue weighted by atomic mass is 35.5. The lowest BCUT2D eigenvalue weighted by Crippen LogP contribution is -2.08. The number of carbonyl (C=O) groups is 1. The van der Waals surface area contributed by atoms with Crippen LogP contribution in [0.1, 0.15) is 17.4 Å². The highest BCUT2D eigenvalue weighted by molar-refractivity contribution is 6.30. The summed E-state index contributed by atoms with van der Waals surface area (Å²) >= 11 is 5.92. The summed E-state index contributed by atoms with van der Waals surface area (Å²) in [4.78, 5) is 19.3. The average Bonchev–Trinajstić information content (AvgIpc) is 2.66. The molecule has 0 atom stereocenters. The molecule has 0 aliphatic rings. The lowest BCUT2D eigenvalue weighted by atomic mass is 10.4. The van der Waals surface area contributed by atoms with Gasteiger partial charge in [-0.3, -0.25) is 4.40 Å². The number of imidazole rings is 1. The summed E-state index contributed by atoms with van der Waals surface area (Å²) in [6.45, 7) is 2.03. The molecule has 2 rings (SSSR count). The molecule has 6 heteroatoms. The van der Waals surface area contributed by atoms with Gasteiger partial charge in [0.05, 0.1) is 6.61 Å². The zero-order valence-corrected chi connectivity index (χ0v) is 8.73. The molecule has 0 spiro atoms. The van der Waals surface area contributed by atoms with E-state index in [1.54, 1.807) is 23.7 Å². The van der Waals surface area contributed by atoms with Gasteiger partial charge in [-0.2, -0.15) is 0 Å². The number of halogens is 1. The van der Waals surface area contributed by atoms with Crippen molar-refractivity contribution in [1.82, 2.24) is 14.4 Å². The van der Waals surface area contributed by atoms with E-state index in [1.165, 1.54) is 6.07 Å². The third kappa shape index (κ3) is 1.78. The van der Waals surface area contributed by atoms with Gasteiger partial charge in [0.25, 0.3) is 0 Å². The molecule has 2 aromatic rings. The van der Waals surface area contributed by atoms with Crippen molar-refractivity contribution in [3.05, 3.63) is 29.3 Å². The molecular formula is C9H8ClN3O2. The van der Waals surface area contributed by atoms with Crippen LogP contribution in [0.5, 0.6) is 0 Å². The molecule has 2 heterocycles. The minimum atomic E-state index is -0.495. The summed E-state index contributed by atoms with van der Waals surface area (Å²) in [7, 11) is 0. The molecule has 2 aromatic heterocycles. The van der Waals surface area contributed by atoms with Crippen LogP contribution in [-0.2, 0) is 4.74 Å². The zero-order valence-electron chi connectivity index (χ0n) is 7.98. The first-order chi connectivity index (χ1) is 7.22. The first kappa shape index (κ1) is 9.92. The van der Waals surface area contributed by atoms with Crippen molar-refractivity contribution >= 4 is 23.3 Å². The van der Waals surface area contributed by atoms with Crippen LogP contribution in [0.2, 0.25) is 5.15 Å². The molecule has 78 valence electrons. The molecule has 0 aliphatic carbocycles. The fourth-order valence-corrected chi connectivity index (χ4v) is 1.41. The van der Waals surface area contributed by atoms with Gasteiger partial charge in [-0.25, -0.2) is 14.8 Å². The number of hydrogen-bond donors (Lipinski definition) is 0. The van der Waals surface area contributed by atoms with Gasteiger partial charge in [0, 0.05) is 18.5 Å². The van der Waals surface area contributed by atoms with Crippen molar-refractivity contribution in [2.24, 2.45) is 0 Å². The summed E-state index contributed by atoms with van der Waals surface area (Å²) in [6.07, 6.45) is 3.22. The van der Waals surface area contributed by atoms with Gasteiger partial charge in [-0.15, -0.1) is 0 Å². The van der Waals surface area contributed by atoms with E-state index in [1.807, 2.05) is 0 Å². The van der Waals surface area contributed by atoms with Crippen molar-refractivity contribution in [3.63, 3.8) is 0 Å². The first-order valence-corrected chi connectivity index (χ1v) is 4.77. The number of nitrogens with zero attached hydrogens (tertiary/aromatic N) is 3. The van der Waals surface area contributed by atoms with Gasteiger partial charge in [-0.1, -0.05) is 11.6 Å². The topological polar surface area (TPSA) is 56.5 Å². The largest absolute Gasteiger partial charge is 0.461 e. The molecule has 5 nitrogen and oxygen atoms in total. The van der Waals surface area contributed by atoms with Crippen molar-refractivity contribution in [2.75, 3.05) is 6.61 Å². The molecule has 0 aliphatic heterocycles. The molecule has 0 radical (unpaired) electrons. The number of carbonyl (C=O) groups excluding carboxylic acids is 1. The summed E-state index contributed by atoms with van der Waals surface area (Å²) < 4.78 is 6.38. The second-order valence-corrected chi connectivity index (χ2v) is 3.17. The predicted octanol–water partition coefficient (Wildman–Crippen LogP) is 1.56. The van der Waals surface area contributed by atoms with Gasteiger partial charge >= 0.3 is 5.97 Å². The van der Waals surface area contributed by atoms with Crippen molar-refractivity contribution in [3.8, 4) is 0 Å². The Hall–Kier alpha value is -1.62. The maximum atomic E-state index is 11.4. The lowest BCUT2D eigenvalue weighted by molar-refractivity contribution is 0.0519. The standard InChI is InChI=1S/C9H8ClN3O2/c1-2-15-8(14)6-5-7(10)13-4-3-11-9(13)12-6/h3-5H,2H2,1H3. The monoisotopic (exact) mass is 225 g/mol. The Balaban J connectivity index is 2.49. The summed E-state index contributed by atoms with van der Waals surface area (Å²) in [6, 6.07) is 1.45. The molecule has 0 saturated heterocycles. The number of ether oxygens (including phenoxy) is 1. The minimum absolute atomic E-state index is 0.167. The van der Waals surface area contributed by atoms with Crippen LogP contribution in [-0.4, -0.2) is 26.9 Å². The molecule has 15 heavy (non-hydrogen) atoms. The maximum Gasteiger partial charge on any atom is 0.357 e. The molecule has 0 fully saturated rings. The fourth-order valence-electron chi connectivity index (χ4n) is 1.18. The predicted molar refractivity (Wildman–Crippen MR) is 54.0 cm³/mol. The van der Waals surface area contributed by atoms with E-state index in [9.17, 15) is 4.79 Å². The Morgan fingerprint density at radius 2 is 2.47 bits per heavy atom. The Morgan fingerprint density at radius 3 is 3.20 bits per heavy atom. The van der Waals surface area contributed by atoms with E-state index in [2.05, 4.69) is 9.97 Å². The van der Waals surface area contributed by atoms with E-state index in [4.69, 9.17) is 16.3 Å². The van der Waals surface area contributed by atoms with Crippen molar-refractivity contribution in [2.45, 2.75) is 6.92 Å². The quantitative estimate of drug-likeness (QED) is 0.575. The van der Waals surface area contributed by atoms with Gasteiger partial charge < -0.3 is 4.74 Å². The average molecular weight is 226 g/mol. The molecule has 0 N–H and O–H groups in total. The molecule has 0 bridgehead atoms. The van der Waals surface area contributed by atoms with E-state index < -0.39 is 5.97 Å².